The second kappa shape index (κ2) is 4.41. The van der Waals surface area contributed by atoms with E-state index in [9.17, 15) is 0 Å². The van der Waals surface area contributed by atoms with E-state index in [4.69, 9.17) is 4.98 Å². The van der Waals surface area contributed by atoms with Gasteiger partial charge in [0.1, 0.15) is 5.52 Å². The molecule has 0 aliphatic rings. The Labute approximate surface area is 106 Å². The first-order valence-corrected chi connectivity index (χ1v) is 6.50. The molecular weight excluding hydrogens is 222 g/mol. The van der Waals surface area contributed by atoms with E-state index >= 15 is 0 Å². The molecule has 1 aromatic carbocycles. The van der Waals surface area contributed by atoms with E-state index in [0.717, 1.165) is 29.6 Å². The number of hydrogen-bond acceptors (Lipinski definition) is 2. The van der Waals surface area contributed by atoms with Gasteiger partial charge in [-0.15, -0.1) is 0 Å². The van der Waals surface area contributed by atoms with E-state index in [0.29, 0.717) is 0 Å². The van der Waals surface area contributed by atoms with Gasteiger partial charge in [0.2, 0.25) is 0 Å². The maximum Gasteiger partial charge on any atom is 0.111 e. The molecule has 0 N–H and O–H groups in total. The largest absolute Gasteiger partial charge is 0.333 e. The minimum absolute atomic E-state index is 1.01. The van der Waals surface area contributed by atoms with Crippen LogP contribution in [0.15, 0.2) is 30.6 Å². The van der Waals surface area contributed by atoms with Crippen LogP contribution in [-0.2, 0) is 13.5 Å². The number of aromatic nitrogens is 3. The van der Waals surface area contributed by atoms with Crippen LogP contribution in [0.3, 0.4) is 0 Å². The highest BCUT2D eigenvalue weighted by atomic mass is 15.0. The van der Waals surface area contributed by atoms with Crippen molar-refractivity contribution in [1.82, 2.24) is 14.5 Å². The quantitative estimate of drug-likeness (QED) is 0.700. The van der Waals surface area contributed by atoms with Crippen molar-refractivity contribution in [2.75, 3.05) is 0 Å². The van der Waals surface area contributed by atoms with Gasteiger partial charge in [-0.25, -0.2) is 4.98 Å². The topological polar surface area (TPSA) is 30.7 Å². The fraction of sp³-hybridized carbons (Fsp3) is 0.333. The maximum absolute atomic E-state index is 4.78. The summed E-state index contributed by atoms with van der Waals surface area (Å²) in [6, 6.07) is 8.30. The fourth-order valence-corrected chi connectivity index (χ4v) is 2.45. The number of unbranched alkanes of at least 4 members (excludes halogenated alkanes) is 1. The van der Waals surface area contributed by atoms with Crippen molar-refractivity contribution in [3.63, 3.8) is 0 Å². The maximum atomic E-state index is 4.78. The summed E-state index contributed by atoms with van der Waals surface area (Å²) in [7, 11) is 2.05. The number of rotatable bonds is 3. The lowest BCUT2D eigenvalue weighted by Crippen LogP contribution is -1.95. The van der Waals surface area contributed by atoms with Crippen molar-refractivity contribution in [2.45, 2.75) is 26.2 Å². The monoisotopic (exact) mass is 239 g/mol. The average molecular weight is 239 g/mol. The number of para-hydroxylation sites is 1. The predicted octanol–water partition coefficient (Wildman–Crippen LogP) is 3.46. The summed E-state index contributed by atoms with van der Waals surface area (Å²) >= 11 is 0. The molecule has 0 spiro atoms. The molecule has 92 valence electrons. The molecule has 3 rings (SSSR count). The van der Waals surface area contributed by atoms with Crippen LogP contribution in [0.1, 0.15) is 25.5 Å². The molecule has 0 saturated carbocycles. The van der Waals surface area contributed by atoms with Crippen LogP contribution in [0.2, 0.25) is 0 Å². The van der Waals surface area contributed by atoms with Crippen LogP contribution < -0.4 is 0 Å². The van der Waals surface area contributed by atoms with Gasteiger partial charge in [0.25, 0.3) is 0 Å². The number of pyridine rings is 1. The van der Waals surface area contributed by atoms with Crippen molar-refractivity contribution in [3.05, 3.63) is 36.3 Å². The standard InChI is InChI=1S/C15H17N3/c1-3-4-8-13-14-15(18(2)10-16-14)11-7-5-6-9-12(11)17-13/h5-7,9-10H,3-4,8H2,1-2H3. The first-order valence-electron chi connectivity index (χ1n) is 6.50. The minimum atomic E-state index is 1.01. The Morgan fingerprint density at radius 3 is 2.89 bits per heavy atom. The number of nitrogens with zero attached hydrogens (tertiary/aromatic N) is 3. The predicted molar refractivity (Wildman–Crippen MR) is 74.6 cm³/mol. The van der Waals surface area contributed by atoms with Gasteiger partial charge in [0, 0.05) is 12.4 Å². The third-order valence-corrected chi connectivity index (χ3v) is 3.39. The zero-order chi connectivity index (χ0) is 12.5. The Morgan fingerprint density at radius 1 is 1.22 bits per heavy atom. The van der Waals surface area contributed by atoms with Gasteiger partial charge in [-0.2, -0.15) is 0 Å². The van der Waals surface area contributed by atoms with Crippen LogP contribution in [0, 0.1) is 0 Å². The molecule has 0 fully saturated rings. The molecule has 3 aromatic rings. The molecule has 18 heavy (non-hydrogen) atoms. The zero-order valence-corrected chi connectivity index (χ0v) is 10.8. The van der Waals surface area contributed by atoms with Crippen LogP contribution >= 0.6 is 0 Å². The van der Waals surface area contributed by atoms with Crippen LogP contribution in [0.5, 0.6) is 0 Å². The Balaban J connectivity index is 2.33. The van der Waals surface area contributed by atoms with Crippen molar-refractivity contribution >= 4 is 21.9 Å². The highest BCUT2D eigenvalue weighted by Gasteiger charge is 2.11. The number of hydrogen-bond donors (Lipinski definition) is 0. The fourth-order valence-electron chi connectivity index (χ4n) is 2.45. The molecule has 0 amide bonds. The second-order valence-electron chi connectivity index (χ2n) is 4.73. The van der Waals surface area contributed by atoms with Crippen LogP contribution in [0.25, 0.3) is 21.9 Å². The van der Waals surface area contributed by atoms with Gasteiger partial charge in [-0.3, -0.25) is 4.98 Å². The number of imidazole rings is 1. The third kappa shape index (κ3) is 1.67. The summed E-state index contributed by atoms with van der Waals surface area (Å²) < 4.78 is 2.09. The lowest BCUT2D eigenvalue weighted by Gasteiger charge is -2.06. The van der Waals surface area contributed by atoms with E-state index in [1.54, 1.807) is 0 Å². The highest BCUT2D eigenvalue weighted by Crippen LogP contribution is 2.25. The molecule has 0 atom stereocenters. The molecule has 0 aliphatic carbocycles. The van der Waals surface area contributed by atoms with Gasteiger partial charge in [-0.1, -0.05) is 31.5 Å². The number of fused-ring (bicyclic) bond motifs is 3. The van der Waals surface area contributed by atoms with Gasteiger partial charge >= 0.3 is 0 Å². The van der Waals surface area contributed by atoms with Crippen LogP contribution in [-0.4, -0.2) is 14.5 Å². The van der Waals surface area contributed by atoms with Gasteiger partial charge in [-0.05, 0) is 18.9 Å². The Kier molecular flexibility index (Phi) is 2.74. The molecule has 0 radical (unpaired) electrons. The first-order chi connectivity index (χ1) is 8.81. The molecule has 3 nitrogen and oxygen atoms in total. The first kappa shape index (κ1) is 11.2. The van der Waals surface area contributed by atoms with Crippen molar-refractivity contribution in [2.24, 2.45) is 7.05 Å². The second-order valence-corrected chi connectivity index (χ2v) is 4.73. The van der Waals surface area contributed by atoms with Gasteiger partial charge in [0.15, 0.2) is 0 Å². The minimum Gasteiger partial charge on any atom is -0.333 e. The SMILES string of the molecule is CCCCc1nc2ccccc2c2c1ncn2C. The van der Waals surface area contributed by atoms with Crippen LogP contribution in [0.4, 0.5) is 0 Å². The average Bonchev–Trinajstić information content (AvgIpc) is 2.79. The molecular formula is C15H17N3. The summed E-state index contributed by atoms with van der Waals surface area (Å²) in [5, 5.41) is 1.19. The molecule has 0 saturated heterocycles. The molecule has 2 aromatic heterocycles. The van der Waals surface area contributed by atoms with E-state index in [-0.39, 0.29) is 0 Å². The van der Waals surface area contributed by atoms with Crippen molar-refractivity contribution in [3.8, 4) is 0 Å². The molecule has 0 aliphatic heterocycles. The Hall–Kier alpha value is -1.90. The molecule has 2 heterocycles. The highest BCUT2D eigenvalue weighted by molar-refractivity contribution is 6.03. The summed E-state index contributed by atoms with van der Waals surface area (Å²) in [6.45, 7) is 2.21. The van der Waals surface area contributed by atoms with Crippen molar-refractivity contribution in [1.29, 1.82) is 0 Å². The zero-order valence-electron chi connectivity index (χ0n) is 10.8. The van der Waals surface area contributed by atoms with E-state index in [1.165, 1.54) is 17.3 Å². The van der Waals surface area contributed by atoms with E-state index in [1.807, 2.05) is 19.4 Å². The summed E-state index contributed by atoms with van der Waals surface area (Å²) in [5.41, 5.74) is 4.46. The van der Waals surface area contributed by atoms with E-state index in [2.05, 4.69) is 34.7 Å². The lowest BCUT2D eigenvalue weighted by molar-refractivity contribution is 0.783. The summed E-state index contributed by atoms with van der Waals surface area (Å²) in [6.07, 6.45) is 5.24. The lowest BCUT2D eigenvalue weighted by atomic mass is 10.1. The summed E-state index contributed by atoms with van der Waals surface area (Å²) in [5.74, 6) is 0. The Morgan fingerprint density at radius 2 is 2.06 bits per heavy atom. The normalized spacial score (nSPS) is 11.4. The molecule has 0 bridgehead atoms. The molecule has 3 heteroatoms. The smallest absolute Gasteiger partial charge is 0.111 e. The Bertz CT molecular complexity index is 697. The number of benzene rings is 1. The third-order valence-electron chi connectivity index (χ3n) is 3.39. The van der Waals surface area contributed by atoms with E-state index < -0.39 is 0 Å². The van der Waals surface area contributed by atoms with Gasteiger partial charge < -0.3 is 4.57 Å². The number of aryl methyl sites for hydroxylation is 2. The summed E-state index contributed by atoms with van der Waals surface area (Å²) in [4.78, 5) is 9.30. The van der Waals surface area contributed by atoms with Crippen molar-refractivity contribution < 1.29 is 0 Å². The van der Waals surface area contributed by atoms with Gasteiger partial charge in [0.05, 0.1) is 23.1 Å². The molecule has 0 unspecified atom stereocenters.